The van der Waals surface area contributed by atoms with Gasteiger partial charge in [-0.3, -0.25) is 4.90 Å². The van der Waals surface area contributed by atoms with E-state index in [0.29, 0.717) is 19.2 Å². The normalized spacial score (nSPS) is 18.7. The van der Waals surface area contributed by atoms with E-state index in [-0.39, 0.29) is 17.6 Å². The molecule has 3 nitrogen and oxygen atoms in total. The highest BCUT2D eigenvalue weighted by atomic mass is 79.9. The van der Waals surface area contributed by atoms with Crippen LogP contribution in [-0.2, 0) is 6.18 Å². The number of nitrogens with one attached hydrogen (secondary N) is 1. The lowest BCUT2D eigenvalue weighted by Crippen LogP contribution is -2.47. The molecule has 0 spiro atoms. The Kier molecular flexibility index (Phi) is 5.29. The Labute approximate surface area is 132 Å². The van der Waals surface area contributed by atoms with Crippen molar-refractivity contribution in [2.45, 2.75) is 18.6 Å². The SMILES string of the molecule is Oc1c([C@H](C(F)F)N2CCNCC2)cc(Br)cc1C(F)(F)F. The summed E-state index contributed by atoms with van der Waals surface area (Å²) in [6, 6.07) is 0.212. The van der Waals surface area contributed by atoms with Crippen LogP contribution in [0.5, 0.6) is 5.75 Å². The maximum absolute atomic E-state index is 13.4. The number of phenolic OH excluding ortho intramolecular Hbond substituents is 1. The van der Waals surface area contributed by atoms with Crippen LogP contribution in [0.3, 0.4) is 0 Å². The predicted octanol–water partition coefficient (Wildman–Crippen LogP) is 3.38. The van der Waals surface area contributed by atoms with Gasteiger partial charge in [0.1, 0.15) is 11.8 Å². The molecule has 0 unspecified atom stereocenters. The van der Waals surface area contributed by atoms with Crippen LogP contribution in [0.25, 0.3) is 0 Å². The van der Waals surface area contributed by atoms with Gasteiger partial charge in [-0.25, -0.2) is 8.78 Å². The third-order valence-corrected chi connectivity index (χ3v) is 3.97. The quantitative estimate of drug-likeness (QED) is 0.779. The second-order valence-electron chi connectivity index (χ2n) is 4.95. The highest BCUT2D eigenvalue weighted by Crippen LogP contribution is 2.43. The molecule has 0 saturated carbocycles. The van der Waals surface area contributed by atoms with Gasteiger partial charge in [-0.1, -0.05) is 15.9 Å². The molecule has 2 N–H and O–H groups in total. The standard InChI is InChI=1S/C13H14BrF5N2O/c14-7-5-8(11(22)9(6-7)13(17,18)19)10(12(15)16)21-3-1-20-2-4-21/h5-6,10,12,20,22H,1-4H2/t10-/m1/s1. The summed E-state index contributed by atoms with van der Waals surface area (Å²) in [4.78, 5) is 1.38. The van der Waals surface area contributed by atoms with Crippen LogP contribution in [0.4, 0.5) is 22.0 Å². The third-order valence-electron chi connectivity index (χ3n) is 3.51. The Bertz CT molecular complexity index is 532. The predicted molar refractivity (Wildman–Crippen MR) is 74.0 cm³/mol. The van der Waals surface area contributed by atoms with E-state index in [2.05, 4.69) is 21.2 Å². The maximum atomic E-state index is 13.4. The number of nitrogens with zero attached hydrogens (tertiary/aromatic N) is 1. The molecular formula is C13H14BrF5N2O. The number of rotatable bonds is 3. The van der Waals surface area contributed by atoms with Crippen LogP contribution in [0.2, 0.25) is 0 Å². The van der Waals surface area contributed by atoms with Crippen molar-refractivity contribution in [3.8, 4) is 5.75 Å². The van der Waals surface area contributed by atoms with Gasteiger partial charge in [-0.05, 0) is 12.1 Å². The van der Waals surface area contributed by atoms with E-state index in [4.69, 9.17) is 0 Å². The lowest BCUT2D eigenvalue weighted by atomic mass is 10.00. The number of benzene rings is 1. The number of phenols is 1. The molecule has 124 valence electrons. The van der Waals surface area contributed by atoms with Crippen LogP contribution in [-0.4, -0.2) is 42.6 Å². The number of hydrogen-bond acceptors (Lipinski definition) is 3. The van der Waals surface area contributed by atoms with Gasteiger partial charge < -0.3 is 10.4 Å². The lowest BCUT2D eigenvalue weighted by Gasteiger charge is -2.35. The van der Waals surface area contributed by atoms with Crippen molar-refractivity contribution in [1.82, 2.24) is 10.2 Å². The van der Waals surface area contributed by atoms with E-state index >= 15 is 0 Å². The molecule has 0 aromatic heterocycles. The summed E-state index contributed by atoms with van der Waals surface area (Å²) in [6.45, 7) is 1.46. The van der Waals surface area contributed by atoms with Crippen molar-refractivity contribution in [1.29, 1.82) is 0 Å². The second-order valence-corrected chi connectivity index (χ2v) is 5.87. The smallest absolute Gasteiger partial charge is 0.420 e. The first-order chi connectivity index (χ1) is 10.2. The average molecular weight is 389 g/mol. The molecule has 22 heavy (non-hydrogen) atoms. The number of piperazine rings is 1. The summed E-state index contributed by atoms with van der Waals surface area (Å²) in [5.74, 6) is -1.14. The number of hydrogen-bond donors (Lipinski definition) is 2. The maximum Gasteiger partial charge on any atom is 0.420 e. The largest absolute Gasteiger partial charge is 0.507 e. The molecule has 1 aliphatic heterocycles. The Balaban J connectivity index is 2.49. The molecule has 1 heterocycles. The zero-order valence-corrected chi connectivity index (χ0v) is 12.9. The van der Waals surface area contributed by atoms with Gasteiger partial charge >= 0.3 is 6.18 Å². The molecule has 1 atom stereocenters. The number of alkyl halides is 5. The van der Waals surface area contributed by atoms with Gasteiger partial charge in [0.2, 0.25) is 0 Å². The number of aromatic hydroxyl groups is 1. The van der Waals surface area contributed by atoms with Gasteiger partial charge in [0, 0.05) is 36.2 Å². The van der Waals surface area contributed by atoms with Crippen molar-refractivity contribution >= 4 is 15.9 Å². The first-order valence-corrected chi connectivity index (χ1v) is 7.33. The minimum Gasteiger partial charge on any atom is -0.507 e. The Morgan fingerprint density at radius 2 is 1.77 bits per heavy atom. The molecule has 9 heteroatoms. The Morgan fingerprint density at radius 3 is 2.27 bits per heavy atom. The fourth-order valence-electron chi connectivity index (χ4n) is 2.51. The van der Waals surface area contributed by atoms with E-state index in [1.807, 2.05) is 0 Å². The zero-order chi connectivity index (χ0) is 16.5. The van der Waals surface area contributed by atoms with Gasteiger partial charge in [-0.2, -0.15) is 13.2 Å². The first kappa shape index (κ1) is 17.4. The lowest BCUT2D eigenvalue weighted by molar-refractivity contribution is -0.139. The molecule has 0 radical (unpaired) electrons. The molecule has 1 aliphatic rings. The second kappa shape index (κ2) is 6.67. The Hall–Kier alpha value is -0.930. The van der Waals surface area contributed by atoms with Gasteiger partial charge in [0.05, 0.1) is 5.56 Å². The molecule has 1 aromatic rings. The van der Waals surface area contributed by atoms with E-state index in [1.165, 1.54) is 4.90 Å². The van der Waals surface area contributed by atoms with Crippen LogP contribution in [0.15, 0.2) is 16.6 Å². The molecule has 0 bridgehead atoms. The van der Waals surface area contributed by atoms with Gasteiger partial charge in [-0.15, -0.1) is 0 Å². The third kappa shape index (κ3) is 3.69. The molecule has 1 aromatic carbocycles. The van der Waals surface area contributed by atoms with Gasteiger partial charge in [0.15, 0.2) is 0 Å². The Morgan fingerprint density at radius 1 is 1.18 bits per heavy atom. The summed E-state index contributed by atoms with van der Waals surface area (Å²) < 4.78 is 65.6. The number of halogens is 6. The topological polar surface area (TPSA) is 35.5 Å². The van der Waals surface area contributed by atoms with Crippen molar-refractivity contribution in [2.75, 3.05) is 26.2 Å². The monoisotopic (exact) mass is 388 g/mol. The summed E-state index contributed by atoms with van der Waals surface area (Å²) >= 11 is 2.89. The van der Waals surface area contributed by atoms with Crippen molar-refractivity contribution in [3.05, 3.63) is 27.7 Å². The summed E-state index contributed by atoms with van der Waals surface area (Å²) in [6.07, 6.45) is -7.74. The van der Waals surface area contributed by atoms with Crippen LogP contribution >= 0.6 is 15.9 Å². The zero-order valence-electron chi connectivity index (χ0n) is 11.3. The summed E-state index contributed by atoms with van der Waals surface area (Å²) in [7, 11) is 0. The average Bonchev–Trinajstić information content (AvgIpc) is 2.42. The van der Waals surface area contributed by atoms with E-state index in [1.54, 1.807) is 0 Å². The van der Waals surface area contributed by atoms with Gasteiger partial charge in [0.25, 0.3) is 6.43 Å². The summed E-state index contributed by atoms with van der Waals surface area (Å²) in [5.41, 5.74) is -1.74. The van der Waals surface area contributed by atoms with Crippen molar-refractivity contribution in [2.24, 2.45) is 0 Å². The van der Waals surface area contributed by atoms with E-state index < -0.39 is 35.5 Å². The highest BCUT2D eigenvalue weighted by Gasteiger charge is 2.39. The molecule has 2 rings (SSSR count). The fraction of sp³-hybridized carbons (Fsp3) is 0.538. The minimum atomic E-state index is -4.82. The molecule has 1 saturated heterocycles. The van der Waals surface area contributed by atoms with Crippen LogP contribution in [0.1, 0.15) is 17.2 Å². The van der Waals surface area contributed by atoms with E-state index in [9.17, 15) is 27.1 Å². The molecule has 0 amide bonds. The van der Waals surface area contributed by atoms with E-state index in [0.717, 1.165) is 6.07 Å². The van der Waals surface area contributed by atoms with Crippen molar-refractivity contribution < 1.29 is 27.1 Å². The molecule has 1 fully saturated rings. The van der Waals surface area contributed by atoms with Crippen molar-refractivity contribution in [3.63, 3.8) is 0 Å². The molecular weight excluding hydrogens is 375 g/mol. The van der Waals surface area contributed by atoms with Crippen LogP contribution < -0.4 is 5.32 Å². The minimum absolute atomic E-state index is 0.00610. The summed E-state index contributed by atoms with van der Waals surface area (Å²) in [5, 5.41) is 12.9. The fourth-order valence-corrected chi connectivity index (χ4v) is 2.99. The molecule has 0 aliphatic carbocycles. The first-order valence-electron chi connectivity index (χ1n) is 6.54. The van der Waals surface area contributed by atoms with Crippen LogP contribution in [0, 0.1) is 0 Å². The highest BCUT2D eigenvalue weighted by molar-refractivity contribution is 9.10.